The van der Waals surface area contributed by atoms with E-state index in [9.17, 15) is 22.8 Å². The molecule has 8 heteroatoms. The summed E-state index contributed by atoms with van der Waals surface area (Å²) in [6.07, 6.45) is -4.72. The van der Waals surface area contributed by atoms with Crippen molar-refractivity contribution in [3.63, 3.8) is 0 Å². The number of rotatable bonds is 2. The van der Waals surface area contributed by atoms with E-state index in [-0.39, 0.29) is 22.7 Å². The normalized spacial score (nSPS) is 11.9. The maximum Gasteiger partial charge on any atom is 0.449 e. The van der Waals surface area contributed by atoms with Crippen molar-refractivity contribution in [2.24, 2.45) is 5.92 Å². The summed E-state index contributed by atoms with van der Waals surface area (Å²) in [7, 11) is 0. The third-order valence-corrected chi connectivity index (χ3v) is 2.77. The number of amides is 1. The molecule has 112 valence electrons. The third kappa shape index (κ3) is 3.21. The minimum absolute atomic E-state index is 0.0236. The highest BCUT2D eigenvalue weighted by Crippen LogP contribution is 2.26. The summed E-state index contributed by atoms with van der Waals surface area (Å²) in [6.45, 7) is 3.39. The molecule has 0 fully saturated rings. The summed E-state index contributed by atoms with van der Waals surface area (Å²) < 4.78 is 37.6. The number of carbonyl (C=O) groups excluding carboxylic acids is 1. The molecule has 1 heterocycles. The summed E-state index contributed by atoms with van der Waals surface area (Å²) in [4.78, 5) is 28.3. The molecule has 1 amide bonds. The number of nitrogens with zero attached hydrogens (tertiary/aromatic N) is 1. The quantitative estimate of drug-likeness (QED) is 0.894. The van der Waals surface area contributed by atoms with E-state index < -0.39 is 17.6 Å². The summed E-state index contributed by atoms with van der Waals surface area (Å²) >= 11 is 0. The van der Waals surface area contributed by atoms with Gasteiger partial charge in [0.05, 0.1) is 10.9 Å². The Balaban J connectivity index is 2.48. The van der Waals surface area contributed by atoms with Crippen molar-refractivity contribution in [3.8, 4) is 0 Å². The Morgan fingerprint density at radius 1 is 1.33 bits per heavy atom. The van der Waals surface area contributed by atoms with Gasteiger partial charge < -0.3 is 10.3 Å². The van der Waals surface area contributed by atoms with Crippen LogP contribution >= 0.6 is 0 Å². The molecule has 0 atom stereocenters. The highest BCUT2D eigenvalue weighted by atomic mass is 19.4. The van der Waals surface area contributed by atoms with Crippen LogP contribution in [0.25, 0.3) is 10.9 Å². The first kappa shape index (κ1) is 15.0. The van der Waals surface area contributed by atoms with Gasteiger partial charge in [-0.1, -0.05) is 13.8 Å². The molecule has 1 aromatic heterocycles. The second-order valence-electron chi connectivity index (χ2n) is 4.79. The molecule has 0 radical (unpaired) electrons. The second kappa shape index (κ2) is 5.19. The average molecular weight is 299 g/mol. The summed E-state index contributed by atoms with van der Waals surface area (Å²) in [5, 5.41) is 2.54. The van der Waals surface area contributed by atoms with Gasteiger partial charge in [0.25, 0.3) is 5.56 Å². The summed E-state index contributed by atoms with van der Waals surface area (Å²) in [5.74, 6) is -1.87. The molecule has 21 heavy (non-hydrogen) atoms. The maximum atomic E-state index is 12.5. The zero-order valence-corrected chi connectivity index (χ0v) is 11.2. The topological polar surface area (TPSA) is 74.8 Å². The molecule has 0 aliphatic rings. The third-order valence-electron chi connectivity index (χ3n) is 2.77. The fraction of sp³-hybridized carbons (Fsp3) is 0.308. The van der Waals surface area contributed by atoms with E-state index in [1.807, 2.05) is 0 Å². The van der Waals surface area contributed by atoms with E-state index >= 15 is 0 Å². The number of hydrogen-bond donors (Lipinski definition) is 2. The molecule has 5 nitrogen and oxygen atoms in total. The van der Waals surface area contributed by atoms with Crippen LogP contribution in [-0.4, -0.2) is 15.9 Å². The standard InChI is InChI=1S/C13H12F3N3O2/c1-6(2)10(20)17-7-3-4-9-8(5-7)11(21)19-12(18-9)13(14,15)16/h3-6H,1-2H3,(H,17,20)(H,18,19,21). The van der Waals surface area contributed by atoms with Crippen LogP contribution in [0.15, 0.2) is 23.0 Å². The Kier molecular flexibility index (Phi) is 3.71. The Morgan fingerprint density at radius 2 is 2.00 bits per heavy atom. The largest absolute Gasteiger partial charge is 0.449 e. The molecule has 2 aromatic rings. The number of fused-ring (bicyclic) bond motifs is 1. The second-order valence-corrected chi connectivity index (χ2v) is 4.79. The first-order valence-corrected chi connectivity index (χ1v) is 6.10. The predicted octanol–water partition coefficient (Wildman–Crippen LogP) is 2.54. The maximum absolute atomic E-state index is 12.5. The minimum atomic E-state index is -4.72. The van der Waals surface area contributed by atoms with Gasteiger partial charge in [-0.2, -0.15) is 13.2 Å². The lowest BCUT2D eigenvalue weighted by Crippen LogP contribution is -2.20. The zero-order valence-electron chi connectivity index (χ0n) is 11.2. The molecule has 0 aliphatic carbocycles. The Hall–Kier alpha value is -2.38. The number of carbonyl (C=O) groups is 1. The van der Waals surface area contributed by atoms with Crippen LogP contribution in [-0.2, 0) is 11.0 Å². The lowest BCUT2D eigenvalue weighted by Gasteiger charge is -2.09. The van der Waals surface area contributed by atoms with Gasteiger partial charge in [0, 0.05) is 11.6 Å². The first-order chi connectivity index (χ1) is 9.68. The van der Waals surface area contributed by atoms with Crippen LogP contribution in [0.1, 0.15) is 19.7 Å². The number of aromatic amines is 1. The number of halogens is 3. The van der Waals surface area contributed by atoms with Crippen LogP contribution in [0.4, 0.5) is 18.9 Å². The number of alkyl halides is 3. The SMILES string of the molecule is CC(C)C(=O)Nc1ccc2nc(C(F)(F)F)[nH]c(=O)c2c1. The smallest absolute Gasteiger partial charge is 0.326 e. The number of hydrogen-bond acceptors (Lipinski definition) is 3. The highest BCUT2D eigenvalue weighted by Gasteiger charge is 2.34. The molecule has 0 bridgehead atoms. The minimum Gasteiger partial charge on any atom is -0.326 e. The number of benzene rings is 1. The van der Waals surface area contributed by atoms with Crippen LogP contribution in [0.3, 0.4) is 0 Å². The Labute approximate surface area is 117 Å². The zero-order chi connectivity index (χ0) is 15.8. The van der Waals surface area contributed by atoms with Crippen molar-refractivity contribution in [1.29, 1.82) is 0 Å². The van der Waals surface area contributed by atoms with Crippen molar-refractivity contribution < 1.29 is 18.0 Å². The van der Waals surface area contributed by atoms with Crippen LogP contribution in [0.5, 0.6) is 0 Å². The molecule has 0 unspecified atom stereocenters. The van der Waals surface area contributed by atoms with E-state index in [1.54, 1.807) is 18.8 Å². The summed E-state index contributed by atoms with van der Waals surface area (Å²) in [6, 6.07) is 3.95. The molecule has 2 N–H and O–H groups in total. The number of H-pyrrole nitrogens is 1. The van der Waals surface area contributed by atoms with Gasteiger partial charge in [0.2, 0.25) is 11.7 Å². The molecule has 1 aromatic carbocycles. The number of anilines is 1. The lowest BCUT2D eigenvalue weighted by molar-refractivity contribution is -0.144. The van der Waals surface area contributed by atoms with E-state index in [0.717, 1.165) is 0 Å². The molecule has 0 aliphatic heterocycles. The number of nitrogens with one attached hydrogen (secondary N) is 2. The fourth-order valence-electron chi connectivity index (χ4n) is 1.64. The Morgan fingerprint density at radius 3 is 2.57 bits per heavy atom. The van der Waals surface area contributed by atoms with Gasteiger partial charge in [-0.25, -0.2) is 4.98 Å². The van der Waals surface area contributed by atoms with Crippen molar-refractivity contribution in [1.82, 2.24) is 9.97 Å². The van der Waals surface area contributed by atoms with E-state index in [4.69, 9.17) is 0 Å². The van der Waals surface area contributed by atoms with Gasteiger partial charge in [0.1, 0.15) is 0 Å². The van der Waals surface area contributed by atoms with Gasteiger partial charge in [-0.3, -0.25) is 9.59 Å². The van der Waals surface area contributed by atoms with Crippen molar-refractivity contribution in [2.45, 2.75) is 20.0 Å². The molecule has 2 rings (SSSR count). The summed E-state index contributed by atoms with van der Waals surface area (Å²) in [5.41, 5.74) is -0.671. The van der Waals surface area contributed by atoms with Crippen molar-refractivity contribution in [2.75, 3.05) is 5.32 Å². The number of aromatic nitrogens is 2. The molecule has 0 saturated heterocycles. The van der Waals surface area contributed by atoms with Crippen LogP contribution in [0.2, 0.25) is 0 Å². The van der Waals surface area contributed by atoms with E-state index in [0.29, 0.717) is 5.69 Å². The van der Waals surface area contributed by atoms with Crippen molar-refractivity contribution in [3.05, 3.63) is 34.4 Å². The van der Waals surface area contributed by atoms with Crippen LogP contribution < -0.4 is 10.9 Å². The molecular weight excluding hydrogens is 287 g/mol. The van der Waals surface area contributed by atoms with Crippen LogP contribution in [0, 0.1) is 5.92 Å². The van der Waals surface area contributed by atoms with Crippen molar-refractivity contribution >= 4 is 22.5 Å². The molecular formula is C13H12F3N3O2. The van der Waals surface area contributed by atoms with Gasteiger partial charge in [0.15, 0.2) is 0 Å². The van der Waals surface area contributed by atoms with E-state index in [2.05, 4.69) is 10.3 Å². The fourth-order valence-corrected chi connectivity index (χ4v) is 1.64. The predicted molar refractivity (Wildman–Crippen MR) is 70.8 cm³/mol. The Bertz CT molecular complexity index is 750. The molecule has 0 saturated carbocycles. The molecule has 0 spiro atoms. The highest BCUT2D eigenvalue weighted by molar-refractivity contribution is 5.94. The monoisotopic (exact) mass is 299 g/mol. The first-order valence-electron chi connectivity index (χ1n) is 6.10. The van der Waals surface area contributed by atoms with Gasteiger partial charge in [-0.15, -0.1) is 0 Å². The van der Waals surface area contributed by atoms with Gasteiger partial charge >= 0.3 is 6.18 Å². The van der Waals surface area contributed by atoms with E-state index in [1.165, 1.54) is 18.2 Å². The van der Waals surface area contributed by atoms with Gasteiger partial charge in [-0.05, 0) is 18.2 Å². The average Bonchev–Trinajstić information content (AvgIpc) is 2.38. The lowest BCUT2D eigenvalue weighted by atomic mass is 10.2.